The molecule has 160 valence electrons. The monoisotopic (exact) mass is 437 g/mol. The lowest BCUT2D eigenvalue weighted by molar-refractivity contribution is -0.138. The van der Waals surface area contributed by atoms with Crippen LogP contribution in [0.25, 0.3) is 33.3 Å². The summed E-state index contributed by atoms with van der Waals surface area (Å²) in [5.74, 6) is -0.236. The van der Waals surface area contributed by atoms with Gasteiger partial charge in [-0.3, -0.25) is 9.78 Å². The summed E-state index contributed by atoms with van der Waals surface area (Å²) in [5.41, 5.74) is 7.25. The Labute approximate surface area is 177 Å². The van der Waals surface area contributed by atoms with Gasteiger partial charge in [0, 0.05) is 23.3 Å². The molecule has 0 amide bonds. The molecule has 4 N–H and O–H groups in total. The van der Waals surface area contributed by atoms with Crippen LogP contribution < -0.4 is 16.0 Å². The van der Waals surface area contributed by atoms with E-state index in [1.165, 1.54) is 18.3 Å². The number of para-hydroxylation sites is 2. The second kappa shape index (κ2) is 7.12. The zero-order chi connectivity index (χ0) is 22.5. The smallest absolute Gasteiger partial charge is 0.421 e. The highest BCUT2D eigenvalue weighted by molar-refractivity contribution is 6.00. The fraction of sp³-hybridized carbons (Fsp3) is 0.0455. The number of nitrogens with two attached hydrogens (primary N) is 1. The number of rotatable bonds is 3. The summed E-state index contributed by atoms with van der Waals surface area (Å²) in [6.45, 7) is 0. The number of ether oxygens (including phenoxy) is 1. The van der Waals surface area contributed by atoms with E-state index in [0.29, 0.717) is 33.8 Å². The van der Waals surface area contributed by atoms with E-state index in [4.69, 9.17) is 10.5 Å². The highest BCUT2D eigenvalue weighted by atomic mass is 19.4. The molecule has 2 aromatic carbocycles. The highest BCUT2D eigenvalue weighted by Crippen LogP contribution is 2.39. The first-order valence-corrected chi connectivity index (χ1v) is 9.41. The molecule has 5 rings (SSSR count). The van der Waals surface area contributed by atoms with Crippen molar-refractivity contribution in [2.75, 3.05) is 5.73 Å². The zero-order valence-electron chi connectivity index (χ0n) is 16.2. The molecule has 0 fully saturated rings. The van der Waals surface area contributed by atoms with Crippen molar-refractivity contribution in [3.8, 4) is 22.9 Å². The van der Waals surface area contributed by atoms with E-state index in [2.05, 4.69) is 19.9 Å². The Balaban J connectivity index is 1.59. The molecule has 0 radical (unpaired) electrons. The maximum atomic E-state index is 13.2. The lowest BCUT2D eigenvalue weighted by atomic mass is 10.2. The number of H-pyrrole nitrogens is 2. The van der Waals surface area contributed by atoms with Crippen molar-refractivity contribution in [3.63, 3.8) is 0 Å². The van der Waals surface area contributed by atoms with Crippen LogP contribution in [0.2, 0.25) is 0 Å². The van der Waals surface area contributed by atoms with Gasteiger partial charge in [0.05, 0.1) is 22.4 Å². The topological polar surface area (TPSA) is 110 Å². The zero-order valence-corrected chi connectivity index (χ0v) is 16.2. The normalized spacial score (nSPS) is 11.8. The molecule has 0 atom stereocenters. The minimum atomic E-state index is -4.61. The van der Waals surface area contributed by atoms with Gasteiger partial charge in [0.25, 0.3) is 5.56 Å². The fourth-order valence-corrected chi connectivity index (χ4v) is 3.45. The molecule has 0 aliphatic rings. The van der Waals surface area contributed by atoms with Crippen LogP contribution in [0.15, 0.2) is 65.7 Å². The Bertz CT molecular complexity index is 1540. The van der Waals surface area contributed by atoms with Crippen LogP contribution in [-0.4, -0.2) is 19.9 Å². The van der Waals surface area contributed by atoms with Gasteiger partial charge in [-0.2, -0.15) is 13.2 Å². The molecular weight excluding hydrogens is 423 g/mol. The summed E-state index contributed by atoms with van der Waals surface area (Å²) in [4.78, 5) is 26.3. The Morgan fingerprint density at radius 2 is 1.81 bits per heavy atom. The Morgan fingerprint density at radius 3 is 2.62 bits per heavy atom. The van der Waals surface area contributed by atoms with Crippen molar-refractivity contribution in [2.45, 2.75) is 6.18 Å². The first-order chi connectivity index (χ1) is 15.3. The van der Waals surface area contributed by atoms with E-state index >= 15 is 0 Å². The molecule has 0 aliphatic carbocycles. The first kappa shape index (κ1) is 19.6. The lowest BCUT2D eigenvalue weighted by Gasteiger charge is -2.13. The van der Waals surface area contributed by atoms with E-state index in [9.17, 15) is 18.0 Å². The average Bonchev–Trinajstić information content (AvgIpc) is 3.09. The van der Waals surface area contributed by atoms with Gasteiger partial charge < -0.3 is 20.4 Å². The Morgan fingerprint density at radius 1 is 1.00 bits per heavy atom. The third-order valence-electron chi connectivity index (χ3n) is 4.96. The molecule has 0 saturated heterocycles. The van der Waals surface area contributed by atoms with Gasteiger partial charge in [0.15, 0.2) is 5.69 Å². The molecule has 32 heavy (non-hydrogen) atoms. The van der Waals surface area contributed by atoms with Gasteiger partial charge in [-0.1, -0.05) is 12.1 Å². The average molecular weight is 437 g/mol. The van der Waals surface area contributed by atoms with Crippen LogP contribution in [0.1, 0.15) is 5.56 Å². The summed E-state index contributed by atoms with van der Waals surface area (Å²) in [7, 11) is 0. The number of benzene rings is 2. The van der Waals surface area contributed by atoms with Crippen molar-refractivity contribution in [1.82, 2.24) is 19.9 Å². The van der Waals surface area contributed by atoms with Crippen LogP contribution in [0.5, 0.6) is 11.5 Å². The summed E-state index contributed by atoms with van der Waals surface area (Å²) in [6, 6.07) is 12.8. The third-order valence-corrected chi connectivity index (χ3v) is 4.96. The summed E-state index contributed by atoms with van der Waals surface area (Å²) < 4.78 is 45.2. The van der Waals surface area contributed by atoms with Crippen LogP contribution in [0, 0.1) is 0 Å². The summed E-state index contributed by atoms with van der Waals surface area (Å²) in [6.07, 6.45) is -2.70. The van der Waals surface area contributed by atoms with Crippen LogP contribution >= 0.6 is 0 Å². The molecule has 3 heterocycles. The number of fused-ring (bicyclic) bond motifs is 2. The van der Waals surface area contributed by atoms with Crippen molar-refractivity contribution in [3.05, 3.63) is 76.8 Å². The minimum absolute atomic E-state index is 0.105. The van der Waals surface area contributed by atoms with Gasteiger partial charge in [-0.05, 0) is 36.4 Å². The van der Waals surface area contributed by atoms with Crippen molar-refractivity contribution >= 4 is 27.6 Å². The second-order valence-electron chi connectivity index (χ2n) is 7.02. The number of hydrogen-bond acceptors (Lipinski definition) is 5. The first-order valence-electron chi connectivity index (χ1n) is 9.41. The number of hydrogen-bond donors (Lipinski definition) is 3. The van der Waals surface area contributed by atoms with Crippen molar-refractivity contribution in [2.24, 2.45) is 0 Å². The predicted molar refractivity (Wildman–Crippen MR) is 113 cm³/mol. The number of halogens is 3. The summed E-state index contributed by atoms with van der Waals surface area (Å²) >= 11 is 0. The maximum Gasteiger partial charge on any atom is 0.421 e. The number of aromatic nitrogens is 4. The van der Waals surface area contributed by atoms with E-state index in [0.717, 1.165) is 6.07 Å². The number of alkyl halides is 3. The van der Waals surface area contributed by atoms with E-state index < -0.39 is 17.3 Å². The maximum absolute atomic E-state index is 13.2. The molecular formula is C22H14F3N5O2. The number of nitrogen functional groups attached to an aromatic ring is 1. The fourth-order valence-electron chi connectivity index (χ4n) is 3.45. The molecule has 0 spiro atoms. The molecule has 5 aromatic rings. The van der Waals surface area contributed by atoms with Crippen LogP contribution in [0.3, 0.4) is 0 Å². The van der Waals surface area contributed by atoms with E-state index in [1.807, 2.05) is 0 Å². The molecule has 0 unspecified atom stereocenters. The Hall–Kier alpha value is -4.34. The number of anilines is 1. The predicted octanol–water partition coefficient (Wildman–Crippen LogP) is 4.86. The highest BCUT2D eigenvalue weighted by Gasteiger charge is 2.35. The van der Waals surface area contributed by atoms with Gasteiger partial charge in [-0.25, -0.2) is 4.98 Å². The summed E-state index contributed by atoms with van der Waals surface area (Å²) in [5, 5.41) is 0.481. The third kappa shape index (κ3) is 3.31. The van der Waals surface area contributed by atoms with Crippen molar-refractivity contribution < 1.29 is 17.9 Å². The number of nitrogens with zero attached hydrogens (tertiary/aromatic N) is 2. The van der Waals surface area contributed by atoms with E-state index in [-0.39, 0.29) is 22.9 Å². The van der Waals surface area contributed by atoms with Gasteiger partial charge in [-0.15, -0.1) is 0 Å². The Kier molecular flexibility index (Phi) is 4.36. The second-order valence-corrected chi connectivity index (χ2v) is 7.02. The minimum Gasteiger partial charge on any atom is -0.457 e. The molecule has 0 aliphatic heterocycles. The molecule has 0 saturated carbocycles. The quantitative estimate of drug-likeness (QED) is 0.373. The standard InChI is InChI=1S/C22H14F3N5O2/c23-22(24,25)13-10-27-8-7-17(13)32-11-5-6-14-12(9-11)18(26)19(28-14)20-21(31)30-16-4-2-1-3-15(16)29-20/h1-10,28H,26H2,(H,30,31). The van der Waals surface area contributed by atoms with Crippen LogP contribution in [0.4, 0.5) is 18.9 Å². The molecule has 10 heteroatoms. The van der Waals surface area contributed by atoms with Crippen LogP contribution in [-0.2, 0) is 6.18 Å². The molecule has 3 aromatic heterocycles. The van der Waals surface area contributed by atoms with Gasteiger partial charge in [0.2, 0.25) is 0 Å². The van der Waals surface area contributed by atoms with Gasteiger partial charge in [0.1, 0.15) is 17.1 Å². The van der Waals surface area contributed by atoms with Crippen molar-refractivity contribution in [1.29, 1.82) is 0 Å². The SMILES string of the molecule is Nc1c(-c2nc3ccccc3[nH]c2=O)[nH]c2ccc(Oc3ccncc3C(F)(F)F)cc12. The number of nitrogens with one attached hydrogen (secondary N) is 2. The van der Waals surface area contributed by atoms with E-state index in [1.54, 1.807) is 30.3 Å². The molecule has 0 bridgehead atoms. The van der Waals surface area contributed by atoms with Gasteiger partial charge >= 0.3 is 6.18 Å². The number of pyridine rings is 1. The molecule has 7 nitrogen and oxygen atoms in total. The number of aromatic amines is 2. The largest absolute Gasteiger partial charge is 0.457 e. The lowest BCUT2D eigenvalue weighted by Crippen LogP contribution is -2.12.